The zero-order valence-corrected chi connectivity index (χ0v) is 11.4. The maximum absolute atomic E-state index is 12.1. The van der Waals surface area contributed by atoms with Crippen LogP contribution in [0, 0.1) is 17.0 Å². The molecule has 1 amide bonds. The number of hydrogen-bond acceptors (Lipinski definition) is 6. The highest BCUT2D eigenvalue weighted by molar-refractivity contribution is 5.79. The molecule has 2 heterocycles. The smallest absolute Gasteiger partial charge is 0.309 e. The summed E-state index contributed by atoms with van der Waals surface area (Å²) in [5, 5.41) is 16.6. The molecule has 1 atom stereocenters. The maximum atomic E-state index is 12.1. The monoisotopic (exact) mass is 283 g/mol. The highest BCUT2D eigenvalue weighted by atomic mass is 16.6. The molecule has 0 radical (unpaired) electrons. The van der Waals surface area contributed by atoms with Gasteiger partial charge in [0.1, 0.15) is 17.9 Å². The average molecular weight is 283 g/mol. The Morgan fingerprint density at radius 2 is 2.20 bits per heavy atom. The van der Waals surface area contributed by atoms with Gasteiger partial charge in [0.05, 0.1) is 18.1 Å². The maximum Gasteiger partial charge on any atom is 0.309 e. The van der Waals surface area contributed by atoms with Crippen molar-refractivity contribution >= 4 is 11.6 Å². The molecule has 0 saturated carbocycles. The quantitative estimate of drug-likeness (QED) is 0.617. The van der Waals surface area contributed by atoms with E-state index in [1.54, 1.807) is 18.9 Å². The molecule has 0 unspecified atom stereocenters. The van der Waals surface area contributed by atoms with Gasteiger partial charge < -0.3 is 4.74 Å². The van der Waals surface area contributed by atoms with E-state index in [9.17, 15) is 14.9 Å². The van der Waals surface area contributed by atoms with Crippen molar-refractivity contribution in [1.29, 1.82) is 0 Å². The van der Waals surface area contributed by atoms with Gasteiger partial charge in [0.15, 0.2) is 0 Å². The van der Waals surface area contributed by atoms with E-state index in [1.807, 2.05) is 0 Å². The van der Waals surface area contributed by atoms with E-state index >= 15 is 0 Å². The first-order chi connectivity index (χ1) is 9.49. The zero-order chi connectivity index (χ0) is 14.7. The lowest BCUT2D eigenvalue weighted by Gasteiger charge is -2.28. The number of nitrogens with zero attached hydrogens (tertiary/aromatic N) is 4. The van der Waals surface area contributed by atoms with Crippen LogP contribution in [0.15, 0.2) is 6.20 Å². The molecule has 2 rings (SSSR count). The second-order valence-electron chi connectivity index (χ2n) is 4.59. The molecular weight excluding hydrogens is 266 g/mol. The Morgan fingerprint density at radius 3 is 2.75 bits per heavy atom. The minimum absolute atomic E-state index is 0.0870. The number of aryl methyl sites for hydroxylation is 1. The number of aromatic nitrogens is 2. The van der Waals surface area contributed by atoms with Crippen LogP contribution in [-0.4, -0.2) is 51.9 Å². The third kappa shape index (κ3) is 3.11. The highest BCUT2D eigenvalue weighted by Crippen LogP contribution is 2.18. The first-order valence-electron chi connectivity index (χ1n) is 6.32. The van der Waals surface area contributed by atoms with Crippen molar-refractivity contribution in [3.8, 4) is 0 Å². The standard InChI is InChI=1S/C11H17N5O4/c1-8-10(16(18)19)7-15(12-8)9(2)11(17)13-14-3-5-20-6-4-14/h7,9H,3-6H2,1-2H3,(H,13,17)/t9-/m0/s1. The number of nitro groups is 1. The fourth-order valence-electron chi connectivity index (χ4n) is 1.89. The Bertz CT molecular complexity index is 509. The topological polar surface area (TPSA) is 103 Å². The van der Waals surface area contributed by atoms with Crippen LogP contribution in [0.2, 0.25) is 0 Å². The molecule has 20 heavy (non-hydrogen) atoms. The van der Waals surface area contributed by atoms with Crippen molar-refractivity contribution in [3.63, 3.8) is 0 Å². The van der Waals surface area contributed by atoms with E-state index in [4.69, 9.17) is 4.74 Å². The second kappa shape index (κ2) is 5.97. The largest absolute Gasteiger partial charge is 0.379 e. The third-order valence-corrected chi connectivity index (χ3v) is 3.14. The summed E-state index contributed by atoms with van der Waals surface area (Å²) >= 11 is 0. The fourth-order valence-corrected chi connectivity index (χ4v) is 1.89. The Morgan fingerprint density at radius 1 is 1.55 bits per heavy atom. The van der Waals surface area contributed by atoms with E-state index in [-0.39, 0.29) is 11.6 Å². The molecule has 0 aromatic carbocycles. The van der Waals surface area contributed by atoms with E-state index in [1.165, 1.54) is 10.9 Å². The summed E-state index contributed by atoms with van der Waals surface area (Å²) in [4.78, 5) is 22.3. The number of hydrogen-bond donors (Lipinski definition) is 1. The van der Waals surface area contributed by atoms with Crippen LogP contribution in [0.5, 0.6) is 0 Å². The summed E-state index contributed by atoms with van der Waals surface area (Å²) in [5.74, 6) is -0.260. The van der Waals surface area contributed by atoms with Crippen LogP contribution < -0.4 is 5.43 Å². The number of morpholine rings is 1. The Balaban J connectivity index is 2.02. The first kappa shape index (κ1) is 14.4. The minimum atomic E-state index is -0.620. The molecule has 1 aromatic rings. The van der Waals surface area contributed by atoms with Gasteiger partial charge in [0.2, 0.25) is 0 Å². The summed E-state index contributed by atoms with van der Waals surface area (Å²) < 4.78 is 6.50. The number of carbonyl (C=O) groups is 1. The van der Waals surface area contributed by atoms with Gasteiger partial charge in [-0.2, -0.15) is 5.10 Å². The van der Waals surface area contributed by atoms with Gasteiger partial charge >= 0.3 is 5.69 Å². The lowest BCUT2D eigenvalue weighted by molar-refractivity contribution is -0.385. The molecule has 9 nitrogen and oxygen atoms in total. The Hall–Kier alpha value is -2.00. The van der Waals surface area contributed by atoms with Gasteiger partial charge in [-0.15, -0.1) is 0 Å². The molecule has 110 valence electrons. The van der Waals surface area contributed by atoms with E-state index in [0.717, 1.165) is 0 Å². The Kier molecular flexibility index (Phi) is 4.30. The molecule has 1 fully saturated rings. The lowest BCUT2D eigenvalue weighted by Crippen LogP contribution is -2.50. The fraction of sp³-hybridized carbons (Fsp3) is 0.636. The molecule has 1 aliphatic rings. The number of carbonyl (C=O) groups excluding carboxylic acids is 1. The predicted octanol–water partition coefficient (Wildman–Crippen LogP) is 0.0241. The van der Waals surface area contributed by atoms with E-state index in [2.05, 4.69) is 10.5 Å². The van der Waals surface area contributed by atoms with Crippen LogP contribution >= 0.6 is 0 Å². The van der Waals surface area contributed by atoms with E-state index in [0.29, 0.717) is 32.0 Å². The van der Waals surface area contributed by atoms with Crippen molar-refractivity contribution < 1.29 is 14.5 Å². The zero-order valence-electron chi connectivity index (χ0n) is 11.4. The van der Waals surface area contributed by atoms with E-state index < -0.39 is 11.0 Å². The molecule has 9 heteroatoms. The SMILES string of the molecule is Cc1nn([C@@H](C)C(=O)NN2CCOCC2)cc1[N+](=O)[O-]. The van der Waals surface area contributed by atoms with Gasteiger partial charge in [-0.3, -0.25) is 25.0 Å². The summed E-state index contributed by atoms with van der Waals surface area (Å²) in [6, 6.07) is -0.620. The summed E-state index contributed by atoms with van der Waals surface area (Å²) in [7, 11) is 0. The van der Waals surface area contributed by atoms with Crippen LogP contribution in [-0.2, 0) is 9.53 Å². The van der Waals surface area contributed by atoms with Gasteiger partial charge in [0.25, 0.3) is 5.91 Å². The van der Waals surface area contributed by atoms with Crippen molar-refractivity contribution in [1.82, 2.24) is 20.2 Å². The first-order valence-corrected chi connectivity index (χ1v) is 6.32. The lowest BCUT2D eigenvalue weighted by atomic mass is 10.3. The molecule has 0 aliphatic carbocycles. The van der Waals surface area contributed by atoms with Crippen LogP contribution in [0.3, 0.4) is 0 Å². The van der Waals surface area contributed by atoms with Crippen molar-refractivity contribution in [3.05, 3.63) is 22.0 Å². The Labute approximate surface area is 115 Å². The predicted molar refractivity (Wildman–Crippen MR) is 68.9 cm³/mol. The van der Waals surface area contributed by atoms with Gasteiger partial charge in [-0.25, -0.2) is 5.01 Å². The normalized spacial score (nSPS) is 17.7. The van der Waals surface area contributed by atoms with Gasteiger partial charge in [-0.1, -0.05) is 0 Å². The highest BCUT2D eigenvalue weighted by Gasteiger charge is 2.23. The summed E-state index contributed by atoms with van der Waals surface area (Å²) in [6.45, 7) is 5.57. The van der Waals surface area contributed by atoms with Crippen LogP contribution in [0.1, 0.15) is 18.7 Å². The molecular formula is C11H17N5O4. The molecule has 1 N–H and O–H groups in total. The van der Waals surface area contributed by atoms with Gasteiger partial charge in [0, 0.05) is 13.1 Å². The number of nitrogens with one attached hydrogen (secondary N) is 1. The van der Waals surface area contributed by atoms with Crippen molar-refractivity contribution in [2.24, 2.45) is 0 Å². The van der Waals surface area contributed by atoms with Crippen LogP contribution in [0.25, 0.3) is 0 Å². The molecule has 0 spiro atoms. The average Bonchev–Trinajstić information content (AvgIpc) is 2.81. The number of ether oxygens (including phenoxy) is 1. The number of amides is 1. The van der Waals surface area contributed by atoms with Crippen LogP contribution in [0.4, 0.5) is 5.69 Å². The summed E-state index contributed by atoms with van der Waals surface area (Å²) in [6.07, 6.45) is 1.28. The van der Waals surface area contributed by atoms with Crippen molar-refractivity contribution in [2.75, 3.05) is 26.3 Å². The molecule has 0 bridgehead atoms. The molecule has 1 aromatic heterocycles. The minimum Gasteiger partial charge on any atom is -0.379 e. The van der Waals surface area contributed by atoms with Gasteiger partial charge in [-0.05, 0) is 13.8 Å². The second-order valence-corrected chi connectivity index (χ2v) is 4.59. The third-order valence-electron chi connectivity index (χ3n) is 3.14. The molecule has 1 aliphatic heterocycles. The number of rotatable bonds is 4. The number of hydrazine groups is 1. The van der Waals surface area contributed by atoms with Crippen molar-refractivity contribution in [2.45, 2.75) is 19.9 Å². The summed E-state index contributed by atoms with van der Waals surface area (Å²) in [5.41, 5.74) is 2.96. The molecule has 1 saturated heterocycles.